The Kier molecular flexibility index (Phi) is 5.45. The molecule has 1 N–H and O–H groups in total. The van der Waals surface area contributed by atoms with Crippen LogP contribution in [0.4, 0.5) is 8.78 Å². The van der Waals surface area contributed by atoms with Crippen LogP contribution < -0.4 is 5.32 Å². The van der Waals surface area contributed by atoms with Gasteiger partial charge in [-0.3, -0.25) is 4.79 Å². The Morgan fingerprint density at radius 2 is 2.11 bits per heavy atom. The Morgan fingerprint density at radius 1 is 1.39 bits per heavy atom. The highest BCUT2D eigenvalue weighted by Crippen LogP contribution is 2.08. The van der Waals surface area contributed by atoms with Gasteiger partial charge in [-0.2, -0.15) is 0 Å². The van der Waals surface area contributed by atoms with Gasteiger partial charge < -0.3 is 10.1 Å². The second-order valence-electron chi connectivity index (χ2n) is 3.89. The SMILES string of the molecule is C=C(C)COCCNC(=O)c1ccc(F)c(F)c1. The molecule has 98 valence electrons. The van der Waals surface area contributed by atoms with Crippen LogP contribution in [0.15, 0.2) is 30.4 Å². The first-order valence-electron chi connectivity index (χ1n) is 5.46. The molecule has 1 aromatic carbocycles. The lowest BCUT2D eigenvalue weighted by molar-refractivity contribution is 0.0926. The predicted octanol–water partition coefficient (Wildman–Crippen LogP) is 2.29. The second-order valence-corrected chi connectivity index (χ2v) is 3.89. The molecule has 0 aliphatic heterocycles. The third-order valence-corrected chi connectivity index (χ3v) is 2.06. The Hall–Kier alpha value is -1.75. The lowest BCUT2D eigenvalue weighted by Crippen LogP contribution is -2.27. The summed E-state index contributed by atoms with van der Waals surface area (Å²) in [5.74, 6) is -2.48. The number of rotatable bonds is 6. The predicted molar refractivity (Wildman–Crippen MR) is 64.3 cm³/mol. The summed E-state index contributed by atoms with van der Waals surface area (Å²) in [4.78, 5) is 11.5. The molecule has 0 bridgehead atoms. The van der Waals surface area contributed by atoms with Gasteiger partial charge in [0, 0.05) is 12.1 Å². The zero-order valence-corrected chi connectivity index (χ0v) is 10.1. The van der Waals surface area contributed by atoms with Crippen molar-refractivity contribution in [2.24, 2.45) is 0 Å². The largest absolute Gasteiger partial charge is 0.375 e. The van der Waals surface area contributed by atoms with E-state index in [2.05, 4.69) is 11.9 Å². The number of ether oxygens (including phenoxy) is 1. The van der Waals surface area contributed by atoms with E-state index in [0.29, 0.717) is 19.8 Å². The summed E-state index contributed by atoms with van der Waals surface area (Å²) in [5.41, 5.74) is 0.968. The summed E-state index contributed by atoms with van der Waals surface area (Å²) in [6.45, 7) is 6.56. The second kappa shape index (κ2) is 6.86. The maximum Gasteiger partial charge on any atom is 0.251 e. The van der Waals surface area contributed by atoms with Gasteiger partial charge in [-0.15, -0.1) is 0 Å². The van der Waals surface area contributed by atoms with Crippen LogP contribution in [0.5, 0.6) is 0 Å². The first-order chi connectivity index (χ1) is 8.50. The molecule has 1 aromatic rings. The normalized spacial score (nSPS) is 10.2. The fourth-order valence-corrected chi connectivity index (χ4v) is 1.22. The van der Waals surface area contributed by atoms with Crippen molar-refractivity contribution in [2.75, 3.05) is 19.8 Å². The minimum absolute atomic E-state index is 0.0776. The molecule has 0 aliphatic carbocycles. The van der Waals surface area contributed by atoms with E-state index in [4.69, 9.17) is 4.74 Å². The Morgan fingerprint density at radius 3 is 2.72 bits per heavy atom. The van der Waals surface area contributed by atoms with Crippen LogP contribution in [-0.2, 0) is 4.74 Å². The van der Waals surface area contributed by atoms with E-state index in [9.17, 15) is 13.6 Å². The molecule has 3 nitrogen and oxygen atoms in total. The summed E-state index contributed by atoms with van der Waals surface area (Å²) in [7, 11) is 0. The maximum atomic E-state index is 12.9. The van der Waals surface area contributed by atoms with Gasteiger partial charge >= 0.3 is 0 Å². The molecule has 0 aliphatic rings. The fraction of sp³-hybridized carbons (Fsp3) is 0.308. The van der Waals surface area contributed by atoms with Crippen LogP contribution in [0.2, 0.25) is 0 Å². The first kappa shape index (κ1) is 14.3. The van der Waals surface area contributed by atoms with Gasteiger partial charge in [0.15, 0.2) is 11.6 Å². The Labute approximate surface area is 104 Å². The molecular formula is C13H15F2NO2. The smallest absolute Gasteiger partial charge is 0.251 e. The van der Waals surface area contributed by atoms with Crippen LogP contribution in [-0.4, -0.2) is 25.7 Å². The van der Waals surface area contributed by atoms with Crippen LogP contribution in [0.1, 0.15) is 17.3 Å². The van der Waals surface area contributed by atoms with E-state index in [1.165, 1.54) is 6.07 Å². The Bertz CT molecular complexity index is 447. The molecule has 1 rings (SSSR count). The molecular weight excluding hydrogens is 240 g/mol. The third-order valence-electron chi connectivity index (χ3n) is 2.06. The van der Waals surface area contributed by atoms with Crippen molar-refractivity contribution < 1.29 is 18.3 Å². The van der Waals surface area contributed by atoms with E-state index in [1.54, 1.807) is 0 Å². The molecule has 0 unspecified atom stereocenters. The van der Waals surface area contributed by atoms with Crippen molar-refractivity contribution in [3.05, 3.63) is 47.5 Å². The van der Waals surface area contributed by atoms with Gasteiger partial charge in [0.25, 0.3) is 5.91 Å². The van der Waals surface area contributed by atoms with Crippen molar-refractivity contribution in [1.82, 2.24) is 5.32 Å². The highest BCUT2D eigenvalue weighted by atomic mass is 19.2. The van der Waals surface area contributed by atoms with Crippen LogP contribution in [0.25, 0.3) is 0 Å². The van der Waals surface area contributed by atoms with Crippen molar-refractivity contribution >= 4 is 5.91 Å². The standard InChI is InChI=1S/C13H15F2NO2/c1-9(2)8-18-6-5-16-13(17)10-3-4-11(14)12(15)7-10/h3-4,7H,1,5-6,8H2,2H3,(H,16,17). The number of nitrogens with one attached hydrogen (secondary N) is 1. The van der Waals surface area contributed by atoms with Crippen LogP contribution in [0, 0.1) is 11.6 Å². The molecule has 5 heteroatoms. The highest BCUT2D eigenvalue weighted by Gasteiger charge is 2.08. The molecule has 0 aromatic heterocycles. The topological polar surface area (TPSA) is 38.3 Å². The van der Waals surface area contributed by atoms with Crippen molar-refractivity contribution in [3.8, 4) is 0 Å². The van der Waals surface area contributed by atoms with Gasteiger partial charge in [0.1, 0.15) is 0 Å². The van der Waals surface area contributed by atoms with Gasteiger partial charge in [0.2, 0.25) is 0 Å². The molecule has 0 radical (unpaired) electrons. The van der Waals surface area contributed by atoms with Gasteiger partial charge in [-0.25, -0.2) is 8.78 Å². The van der Waals surface area contributed by atoms with Gasteiger partial charge in [0.05, 0.1) is 13.2 Å². The first-order valence-corrected chi connectivity index (χ1v) is 5.46. The summed E-state index contributed by atoms with van der Waals surface area (Å²) >= 11 is 0. The minimum Gasteiger partial charge on any atom is -0.375 e. The zero-order valence-electron chi connectivity index (χ0n) is 10.1. The number of carbonyl (C=O) groups excluding carboxylic acids is 1. The average molecular weight is 255 g/mol. The molecule has 0 saturated carbocycles. The number of hydrogen-bond acceptors (Lipinski definition) is 2. The molecule has 0 spiro atoms. The zero-order chi connectivity index (χ0) is 13.5. The average Bonchev–Trinajstić information content (AvgIpc) is 2.31. The summed E-state index contributed by atoms with van der Waals surface area (Å²) in [6.07, 6.45) is 0. The quantitative estimate of drug-likeness (QED) is 0.625. The summed E-state index contributed by atoms with van der Waals surface area (Å²) < 4.78 is 30.7. The lowest BCUT2D eigenvalue weighted by Gasteiger charge is -2.06. The third kappa shape index (κ3) is 4.63. The van der Waals surface area contributed by atoms with Crippen molar-refractivity contribution in [1.29, 1.82) is 0 Å². The number of benzene rings is 1. The molecule has 0 atom stereocenters. The van der Waals surface area contributed by atoms with E-state index < -0.39 is 17.5 Å². The number of amides is 1. The lowest BCUT2D eigenvalue weighted by atomic mass is 10.2. The minimum atomic E-state index is -1.04. The van der Waals surface area contributed by atoms with Gasteiger partial charge in [-0.05, 0) is 25.1 Å². The molecule has 0 saturated heterocycles. The molecule has 0 fully saturated rings. The van der Waals surface area contributed by atoms with E-state index in [-0.39, 0.29) is 5.56 Å². The number of carbonyl (C=O) groups is 1. The molecule has 0 heterocycles. The fourth-order valence-electron chi connectivity index (χ4n) is 1.22. The molecule has 18 heavy (non-hydrogen) atoms. The van der Waals surface area contributed by atoms with E-state index >= 15 is 0 Å². The number of hydrogen-bond donors (Lipinski definition) is 1. The monoisotopic (exact) mass is 255 g/mol. The van der Waals surface area contributed by atoms with Crippen molar-refractivity contribution in [3.63, 3.8) is 0 Å². The summed E-state index contributed by atoms with van der Waals surface area (Å²) in [5, 5.41) is 2.54. The highest BCUT2D eigenvalue weighted by molar-refractivity contribution is 5.94. The Balaban J connectivity index is 2.36. The summed E-state index contributed by atoms with van der Waals surface area (Å²) in [6, 6.07) is 3.00. The number of halogens is 2. The van der Waals surface area contributed by atoms with E-state index in [1.807, 2.05) is 6.92 Å². The van der Waals surface area contributed by atoms with Crippen LogP contribution in [0.3, 0.4) is 0 Å². The van der Waals surface area contributed by atoms with E-state index in [0.717, 1.165) is 17.7 Å². The molecule has 1 amide bonds. The van der Waals surface area contributed by atoms with Crippen molar-refractivity contribution in [2.45, 2.75) is 6.92 Å². The maximum absolute atomic E-state index is 12.9. The van der Waals surface area contributed by atoms with Crippen LogP contribution >= 0.6 is 0 Å². The van der Waals surface area contributed by atoms with Gasteiger partial charge in [-0.1, -0.05) is 12.2 Å².